The Hall–Kier alpha value is 0.539. The van der Waals surface area contributed by atoms with E-state index in [1.54, 1.807) is 0 Å². The molecule has 1 saturated carbocycles. The molecule has 0 bridgehead atoms. The molecule has 1 atom stereocenters. The van der Waals surface area contributed by atoms with Crippen molar-refractivity contribution in [1.29, 1.82) is 0 Å². The van der Waals surface area contributed by atoms with Crippen molar-refractivity contribution < 1.29 is 0 Å². The predicted octanol–water partition coefficient (Wildman–Crippen LogP) is 2.65. The molecule has 0 nitrogen and oxygen atoms in total. The van der Waals surface area contributed by atoms with E-state index in [1.807, 2.05) is 0 Å². The van der Waals surface area contributed by atoms with Gasteiger partial charge in [0.05, 0.1) is 0 Å². The summed E-state index contributed by atoms with van der Waals surface area (Å²) in [5.74, 6) is 0. The number of hydrogen-bond acceptors (Lipinski definition) is 0. The van der Waals surface area contributed by atoms with Gasteiger partial charge in [0.1, 0.15) is 0 Å². The first-order chi connectivity index (χ1) is 3.52. The summed E-state index contributed by atoms with van der Waals surface area (Å²) in [7, 11) is 0. The SMILES string of the molecule is C=C1C[CH]1[Sn]([CH3])([CH3])[CH3]. The average Bonchev–Trinajstić information content (AvgIpc) is 2.13. The van der Waals surface area contributed by atoms with Crippen LogP contribution in [-0.4, -0.2) is 18.4 Å². The third kappa shape index (κ3) is 1.28. The standard InChI is InChI=1S/C4H5.3CH3.Sn/c1-4-2-3-4;;;;/h2H,1,3H2;3*1H3;. The van der Waals surface area contributed by atoms with Crippen molar-refractivity contribution in [3.05, 3.63) is 12.2 Å². The maximum atomic E-state index is 3.97. The summed E-state index contributed by atoms with van der Waals surface area (Å²) in [6.07, 6.45) is 1.36. The topological polar surface area (TPSA) is 0 Å². The predicted molar refractivity (Wildman–Crippen MR) is 40.9 cm³/mol. The van der Waals surface area contributed by atoms with Gasteiger partial charge >= 0.3 is 55.7 Å². The Labute approximate surface area is 55.9 Å². The zero-order valence-corrected chi connectivity index (χ0v) is 8.85. The molecule has 0 spiro atoms. The van der Waals surface area contributed by atoms with Crippen LogP contribution >= 0.6 is 0 Å². The third-order valence-corrected chi connectivity index (χ3v) is 9.56. The van der Waals surface area contributed by atoms with Crippen LogP contribution in [-0.2, 0) is 0 Å². The summed E-state index contributed by atoms with van der Waals surface area (Å²) in [6, 6.07) is 0. The van der Waals surface area contributed by atoms with Crippen molar-refractivity contribution in [2.45, 2.75) is 25.2 Å². The summed E-state index contributed by atoms with van der Waals surface area (Å²) in [5, 5.41) is 0. The molecule has 0 heterocycles. The molecule has 0 aromatic carbocycles. The van der Waals surface area contributed by atoms with E-state index in [-0.39, 0.29) is 0 Å². The molecule has 0 aromatic heterocycles. The Morgan fingerprint density at radius 3 is 1.88 bits per heavy atom. The van der Waals surface area contributed by atoms with E-state index in [2.05, 4.69) is 21.4 Å². The molecule has 46 valence electrons. The van der Waals surface area contributed by atoms with E-state index in [1.165, 1.54) is 12.0 Å². The van der Waals surface area contributed by atoms with Gasteiger partial charge in [-0.2, -0.15) is 0 Å². The molecular weight excluding hydrogens is 203 g/mol. The summed E-state index contributed by atoms with van der Waals surface area (Å²) in [6.45, 7) is 3.97. The normalized spacial score (nSPS) is 28.4. The molecule has 1 aliphatic carbocycles. The number of allylic oxidation sites excluding steroid dienone is 1. The molecule has 8 heavy (non-hydrogen) atoms. The van der Waals surface area contributed by atoms with Crippen molar-refractivity contribution >= 4 is 18.4 Å². The van der Waals surface area contributed by atoms with Crippen LogP contribution in [0, 0.1) is 0 Å². The van der Waals surface area contributed by atoms with Gasteiger partial charge in [-0.05, 0) is 0 Å². The Bertz CT molecular complexity index is 119. The van der Waals surface area contributed by atoms with Crippen LogP contribution in [0.2, 0.25) is 18.8 Å². The molecule has 1 heteroatoms. The van der Waals surface area contributed by atoms with Crippen LogP contribution in [0.15, 0.2) is 12.2 Å². The number of hydrogen-bond donors (Lipinski definition) is 0. The van der Waals surface area contributed by atoms with Gasteiger partial charge in [0, 0.05) is 0 Å². The molecule has 1 aliphatic rings. The summed E-state index contributed by atoms with van der Waals surface area (Å²) in [5.41, 5.74) is 1.54. The fraction of sp³-hybridized carbons (Fsp3) is 0.714. The van der Waals surface area contributed by atoms with Crippen LogP contribution in [0.5, 0.6) is 0 Å². The first kappa shape index (κ1) is 6.66. The molecule has 0 aromatic rings. The quantitative estimate of drug-likeness (QED) is 0.467. The fourth-order valence-electron chi connectivity index (χ4n) is 1.12. The molecule has 0 aliphatic heterocycles. The third-order valence-electron chi connectivity index (χ3n) is 1.84. The molecule has 1 unspecified atom stereocenters. The van der Waals surface area contributed by atoms with Gasteiger partial charge in [-0.3, -0.25) is 0 Å². The fourth-order valence-corrected chi connectivity index (χ4v) is 7.11. The minimum absolute atomic E-state index is 1.03. The van der Waals surface area contributed by atoms with E-state index in [9.17, 15) is 0 Å². The molecular formula is C7H14Sn. The van der Waals surface area contributed by atoms with Crippen LogP contribution in [0.4, 0.5) is 0 Å². The molecule has 0 saturated heterocycles. The van der Waals surface area contributed by atoms with E-state index < -0.39 is 18.4 Å². The zero-order valence-electron chi connectivity index (χ0n) is 5.99. The zero-order chi connectivity index (χ0) is 6.36. The van der Waals surface area contributed by atoms with Gasteiger partial charge < -0.3 is 0 Å². The molecule has 0 amide bonds. The summed E-state index contributed by atoms with van der Waals surface area (Å²) < 4.78 is 1.03. The summed E-state index contributed by atoms with van der Waals surface area (Å²) in [4.78, 5) is 7.45. The molecule has 0 N–H and O–H groups in total. The van der Waals surface area contributed by atoms with Gasteiger partial charge in [0.25, 0.3) is 0 Å². The Morgan fingerprint density at radius 1 is 1.50 bits per heavy atom. The van der Waals surface area contributed by atoms with E-state index in [0.717, 1.165) is 3.93 Å². The van der Waals surface area contributed by atoms with Crippen LogP contribution in [0.1, 0.15) is 6.42 Å². The maximum absolute atomic E-state index is 3.97. The van der Waals surface area contributed by atoms with Crippen molar-refractivity contribution in [1.82, 2.24) is 0 Å². The number of rotatable bonds is 1. The van der Waals surface area contributed by atoms with Gasteiger partial charge in [-0.25, -0.2) is 0 Å². The van der Waals surface area contributed by atoms with Crippen LogP contribution in [0.25, 0.3) is 0 Å². The second-order valence-corrected chi connectivity index (χ2v) is 19.3. The van der Waals surface area contributed by atoms with Gasteiger partial charge in [-0.1, -0.05) is 0 Å². The van der Waals surface area contributed by atoms with Crippen LogP contribution < -0.4 is 0 Å². The Balaban J connectivity index is 2.51. The van der Waals surface area contributed by atoms with E-state index in [4.69, 9.17) is 0 Å². The monoisotopic (exact) mass is 218 g/mol. The molecule has 1 fully saturated rings. The first-order valence-electron chi connectivity index (χ1n) is 3.19. The van der Waals surface area contributed by atoms with Crippen molar-refractivity contribution in [3.63, 3.8) is 0 Å². The minimum atomic E-state index is -1.44. The van der Waals surface area contributed by atoms with Gasteiger partial charge in [-0.15, -0.1) is 0 Å². The van der Waals surface area contributed by atoms with E-state index >= 15 is 0 Å². The van der Waals surface area contributed by atoms with Crippen molar-refractivity contribution in [2.24, 2.45) is 0 Å². The van der Waals surface area contributed by atoms with Gasteiger partial charge in [0.2, 0.25) is 0 Å². The van der Waals surface area contributed by atoms with Crippen molar-refractivity contribution in [3.8, 4) is 0 Å². The molecule has 0 radical (unpaired) electrons. The van der Waals surface area contributed by atoms with Gasteiger partial charge in [0.15, 0.2) is 0 Å². The van der Waals surface area contributed by atoms with Crippen molar-refractivity contribution in [2.75, 3.05) is 0 Å². The van der Waals surface area contributed by atoms with E-state index in [0.29, 0.717) is 0 Å². The average molecular weight is 217 g/mol. The summed E-state index contributed by atoms with van der Waals surface area (Å²) >= 11 is -1.44. The first-order valence-corrected chi connectivity index (χ1v) is 13.4. The second kappa shape index (κ2) is 1.76. The molecule has 1 rings (SSSR count). The van der Waals surface area contributed by atoms with Crippen LogP contribution in [0.3, 0.4) is 0 Å². The second-order valence-electron chi connectivity index (χ2n) is 3.78. The Morgan fingerprint density at radius 2 is 1.88 bits per heavy atom. The Kier molecular flexibility index (Phi) is 1.46.